The summed E-state index contributed by atoms with van der Waals surface area (Å²) in [5.74, 6) is 0.583. The van der Waals surface area contributed by atoms with Crippen molar-refractivity contribution in [2.24, 2.45) is 0 Å². The molecule has 2 rings (SSSR count). The van der Waals surface area contributed by atoms with Gasteiger partial charge in [0, 0.05) is 11.8 Å². The number of nitrogen functional groups attached to an aromatic ring is 1. The molecular weight excluding hydrogens is 208 g/mol. The molecule has 6 heteroatoms. The van der Waals surface area contributed by atoms with Gasteiger partial charge >= 0.3 is 0 Å². The molecule has 0 spiro atoms. The molecule has 2 aromatic rings. The molecular formula is C10H14N4O2. The van der Waals surface area contributed by atoms with Crippen LogP contribution in [0.5, 0.6) is 5.88 Å². The molecule has 0 saturated carbocycles. The first-order valence-corrected chi connectivity index (χ1v) is 5.13. The van der Waals surface area contributed by atoms with Gasteiger partial charge < -0.3 is 20.6 Å². The van der Waals surface area contributed by atoms with Crippen LogP contribution in [0.15, 0.2) is 6.20 Å². The average molecular weight is 222 g/mol. The summed E-state index contributed by atoms with van der Waals surface area (Å²) < 4.78 is 5.49. The van der Waals surface area contributed by atoms with Crippen molar-refractivity contribution >= 4 is 17.0 Å². The Labute approximate surface area is 92.5 Å². The molecule has 0 fully saturated rings. The lowest BCUT2D eigenvalue weighted by molar-refractivity contribution is 0.281. The fourth-order valence-corrected chi connectivity index (χ4v) is 1.51. The summed E-state index contributed by atoms with van der Waals surface area (Å²) >= 11 is 0. The second-order valence-corrected chi connectivity index (χ2v) is 3.43. The number of H-pyrrole nitrogens is 1. The van der Waals surface area contributed by atoms with Gasteiger partial charge in [-0.05, 0) is 6.42 Å². The third-order valence-corrected chi connectivity index (χ3v) is 2.21. The van der Waals surface area contributed by atoms with Crippen LogP contribution in [-0.4, -0.2) is 26.7 Å². The van der Waals surface area contributed by atoms with E-state index in [2.05, 4.69) is 15.0 Å². The number of hydrogen-bond donors (Lipinski definition) is 3. The van der Waals surface area contributed by atoms with Crippen LogP contribution in [0.2, 0.25) is 0 Å². The zero-order chi connectivity index (χ0) is 11.5. The maximum atomic E-state index is 9.18. The van der Waals surface area contributed by atoms with Gasteiger partial charge in [0.25, 0.3) is 0 Å². The zero-order valence-corrected chi connectivity index (χ0v) is 9.03. The Morgan fingerprint density at radius 3 is 3.00 bits per heavy atom. The number of fused-ring (bicyclic) bond motifs is 1. The van der Waals surface area contributed by atoms with Gasteiger partial charge in [0.1, 0.15) is 5.65 Å². The van der Waals surface area contributed by atoms with Crippen LogP contribution in [0.25, 0.3) is 11.0 Å². The third kappa shape index (κ3) is 1.79. The second-order valence-electron chi connectivity index (χ2n) is 3.43. The Morgan fingerprint density at radius 1 is 1.50 bits per heavy atom. The predicted octanol–water partition coefficient (Wildman–Crippen LogP) is 0.821. The molecule has 86 valence electrons. The Bertz CT molecular complexity index is 495. The van der Waals surface area contributed by atoms with E-state index in [9.17, 15) is 5.11 Å². The summed E-state index contributed by atoms with van der Waals surface area (Å²) in [6, 6.07) is 0. The largest absolute Gasteiger partial charge is 0.477 e. The number of aliphatic hydroxyl groups excluding tert-OH is 1. The molecule has 6 nitrogen and oxygen atoms in total. The highest BCUT2D eigenvalue weighted by atomic mass is 16.5. The number of ether oxygens (including phenoxy) is 1. The van der Waals surface area contributed by atoms with Crippen molar-refractivity contribution in [3.8, 4) is 5.88 Å². The molecule has 0 unspecified atom stereocenters. The van der Waals surface area contributed by atoms with Crippen LogP contribution in [0.4, 0.5) is 5.95 Å². The number of aliphatic hydroxyl groups is 1. The predicted molar refractivity (Wildman–Crippen MR) is 60.0 cm³/mol. The van der Waals surface area contributed by atoms with Gasteiger partial charge in [-0.3, -0.25) is 0 Å². The lowest BCUT2D eigenvalue weighted by Gasteiger charge is -2.06. The Morgan fingerprint density at radius 2 is 2.31 bits per heavy atom. The van der Waals surface area contributed by atoms with Crippen molar-refractivity contribution < 1.29 is 9.84 Å². The topological polar surface area (TPSA) is 97.0 Å². The lowest BCUT2D eigenvalue weighted by atomic mass is 10.2. The number of hydrogen-bond acceptors (Lipinski definition) is 5. The van der Waals surface area contributed by atoms with E-state index < -0.39 is 0 Å². The first kappa shape index (κ1) is 10.7. The molecule has 16 heavy (non-hydrogen) atoms. The monoisotopic (exact) mass is 222 g/mol. The Balaban J connectivity index is 2.54. The van der Waals surface area contributed by atoms with Gasteiger partial charge in [0.05, 0.1) is 18.6 Å². The highest BCUT2D eigenvalue weighted by Crippen LogP contribution is 2.26. The standard InChI is InChI=1S/C10H14N4O2/c1-2-3-16-9-7-6(5-15)4-12-8(7)13-10(11)14-9/h4,15H,2-3,5H2,1H3,(H3,11,12,13,14). The lowest BCUT2D eigenvalue weighted by Crippen LogP contribution is -2.03. The van der Waals surface area contributed by atoms with E-state index in [1.165, 1.54) is 0 Å². The summed E-state index contributed by atoms with van der Waals surface area (Å²) in [6.07, 6.45) is 2.56. The molecule has 0 aliphatic heterocycles. The smallest absolute Gasteiger partial charge is 0.228 e. The van der Waals surface area contributed by atoms with Crippen LogP contribution in [0, 0.1) is 0 Å². The molecule has 2 heterocycles. The fourth-order valence-electron chi connectivity index (χ4n) is 1.51. The Kier molecular flexibility index (Phi) is 2.91. The molecule has 0 amide bonds. The van der Waals surface area contributed by atoms with E-state index in [4.69, 9.17) is 10.5 Å². The number of nitrogens with two attached hydrogens (primary N) is 1. The fraction of sp³-hybridized carbons (Fsp3) is 0.400. The summed E-state index contributed by atoms with van der Waals surface area (Å²) in [5, 5.41) is 9.88. The van der Waals surface area contributed by atoms with Gasteiger partial charge in [-0.25, -0.2) is 0 Å². The van der Waals surface area contributed by atoms with E-state index in [0.717, 1.165) is 6.42 Å². The zero-order valence-electron chi connectivity index (χ0n) is 9.03. The van der Waals surface area contributed by atoms with Crippen molar-refractivity contribution in [3.05, 3.63) is 11.8 Å². The molecule has 0 radical (unpaired) electrons. The number of aromatic amines is 1. The van der Waals surface area contributed by atoms with Crippen LogP contribution >= 0.6 is 0 Å². The van der Waals surface area contributed by atoms with Crippen LogP contribution < -0.4 is 10.5 Å². The second kappa shape index (κ2) is 4.36. The van der Waals surface area contributed by atoms with Crippen LogP contribution in [0.1, 0.15) is 18.9 Å². The van der Waals surface area contributed by atoms with Gasteiger partial charge in [0.15, 0.2) is 0 Å². The number of rotatable bonds is 4. The van der Waals surface area contributed by atoms with Gasteiger partial charge in [-0.1, -0.05) is 6.92 Å². The third-order valence-electron chi connectivity index (χ3n) is 2.21. The highest BCUT2D eigenvalue weighted by Gasteiger charge is 2.13. The molecule has 0 atom stereocenters. The van der Waals surface area contributed by atoms with E-state index in [0.29, 0.717) is 29.1 Å². The molecule has 0 aliphatic carbocycles. The average Bonchev–Trinajstić information content (AvgIpc) is 2.68. The number of anilines is 1. The summed E-state index contributed by atoms with van der Waals surface area (Å²) in [6.45, 7) is 2.48. The van der Waals surface area contributed by atoms with Crippen LogP contribution in [-0.2, 0) is 6.61 Å². The van der Waals surface area contributed by atoms with Crippen molar-refractivity contribution in [3.63, 3.8) is 0 Å². The van der Waals surface area contributed by atoms with Crippen molar-refractivity contribution in [2.45, 2.75) is 20.0 Å². The summed E-state index contributed by atoms with van der Waals surface area (Å²) in [7, 11) is 0. The van der Waals surface area contributed by atoms with Gasteiger partial charge in [0.2, 0.25) is 11.8 Å². The highest BCUT2D eigenvalue weighted by molar-refractivity contribution is 5.85. The van der Waals surface area contributed by atoms with Gasteiger partial charge in [-0.15, -0.1) is 0 Å². The van der Waals surface area contributed by atoms with E-state index in [1.54, 1.807) is 6.20 Å². The summed E-state index contributed by atoms with van der Waals surface area (Å²) in [4.78, 5) is 11.0. The van der Waals surface area contributed by atoms with Crippen molar-refractivity contribution in [1.29, 1.82) is 0 Å². The SMILES string of the molecule is CCCOc1nc(N)nc2[nH]cc(CO)c12. The van der Waals surface area contributed by atoms with E-state index >= 15 is 0 Å². The minimum absolute atomic E-state index is 0.0875. The number of aromatic nitrogens is 3. The molecule has 0 aromatic carbocycles. The normalized spacial score (nSPS) is 10.9. The first-order valence-electron chi connectivity index (χ1n) is 5.13. The maximum Gasteiger partial charge on any atom is 0.228 e. The molecule has 4 N–H and O–H groups in total. The number of nitrogens with one attached hydrogen (secondary N) is 1. The van der Waals surface area contributed by atoms with Crippen molar-refractivity contribution in [2.75, 3.05) is 12.3 Å². The summed E-state index contributed by atoms with van der Waals surface area (Å²) in [5.41, 5.74) is 6.86. The van der Waals surface area contributed by atoms with E-state index in [-0.39, 0.29) is 12.6 Å². The molecule has 0 saturated heterocycles. The quantitative estimate of drug-likeness (QED) is 0.711. The first-order chi connectivity index (χ1) is 7.76. The van der Waals surface area contributed by atoms with Crippen molar-refractivity contribution in [1.82, 2.24) is 15.0 Å². The van der Waals surface area contributed by atoms with Gasteiger partial charge in [-0.2, -0.15) is 9.97 Å². The minimum Gasteiger partial charge on any atom is -0.477 e. The van der Waals surface area contributed by atoms with Crippen LogP contribution in [0.3, 0.4) is 0 Å². The number of nitrogens with zero attached hydrogens (tertiary/aromatic N) is 2. The maximum absolute atomic E-state index is 9.18. The minimum atomic E-state index is -0.0875. The molecule has 0 aliphatic rings. The molecule has 0 bridgehead atoms. The Hall–Kier alpha value is -1.82. The van der Waals surface area contributed by atoms with E-state index in [1.807, 2.05) is 6.92 Å². The molecule has 2 aromatic heterocycles.